The highest BCUT2D eigenvalue weighted by molar-refractivity contribution is 7.20. The number of amides is 2. The molecule has 0 saturated heterocycles. The first-order valence-electron chi connectivity index (χ1n) is 11.6. The SMILES string of the molecule is C[C@]1(C(N)=O)COc2c1cc(C(O)(CNC(=O)c1cc3ccccc3s1)C(F)(F)F)nc2-c1ccc(F)cc1. The lowest BCUT2D eigenvalue weighted by molar-refractivity contribution is -0.265. The second-order valence-corrected chi connectivity index (χ2v) is 10.5. The van der Waals surface area contributed by atoms with Gasteiger partial charge >= 0.3 is 6.18 Å². The molecule has 12 heteroatoms. The van der Waals surface area contributed by atoms with Crippen LogP contribution in [0.15, 0.2) is 60.7 Å². The van der Waals surface area contributed by atoms with Crippen LogP contribution in [0.4, 0.5) is 17.6 Å². The molecule has 1 aliphatic heterocycles. The molecule has 1 unspecified atom stereocenters. The summed E-state index contributed by atoms with van der Waals surface area (Å²) in [4.78, 5) is 29.3. The highest BCUT2D eigenvalue weighted by Gasteiger charge is 2.57. The number of hydrogen-bond acceptors (Lipinski definition) is 6. The summed E-state index contributed by atoms with van der Waals surface area (Å²) in [7, 11) is 0. The van der Waals surface area contributed by atoms with E-state index in [0.717, 1.165) is 39.6 Å². The van der Waals surface area contributed by atoms with Crippen LogP contribution in [0.5, 0.6) is 5.75 Å². The summed E-state index contributed by atoms with van der Waals surface area (Å²) in [5.74, 6) is -2.28. The number of carbonyl (C=O) groups is 2. The maximum Gasteiger partial charge on any atom is 0.424 e. The topological polar surface area (TPSA) is 115 Å². The number of aromatic nitrogens is 1. The number of rotatable bonds is 6. The summed E-state index contributed by atoms with van der Waals surface area (Å²) < 4.78 is 63.4. The van der Waals surface area contributed by atoms with Crippen molar-refractivity contribution in [2.24, 2.45) is 5.73 Å². The zero-order chi connectivity index (χ0) is 28.2. The number of benzene rings is 2. The lowest BCUT2D eigenvalue weighted by Crippen LogP contribution is -2.51. The van der Waals surface area contributed by atoms with Gasteiger partial charge in [0.25, 0.3) is 5.91 Å². The molecule has 0 spiro atoms. The van der Waals surface area contributed by atoms with E-state index < -0.39 is 47.1 Å². The lowest BCUT2D eigenvalue weighted by Gasteiger charge is -2.31. The zero-order valence-electron chi connectivity index (χ0n) is 20.3. The number of fused-ring (bicyclic) bond motifs is 2. The number of hydrogen-bond donors (Lipinski definition) is 3. The van der Waals surface area contributed by atoms with Crippen LogP contribution in [0, 0.1) is 5.82 Å². The van der Waals surface area contributed by atoms with Crippen molar-refractivity contribution in [1.82, 2.24) is 10.3 Å². The Hall–Kier alpha value is -4.03. The predicted molar refractivity (Wildman–Crippen MR) is 136 cm³/mol. The number of ether oxygens (including phenoxy) is 1. The molecule has 39 heavy (non-hydrogen) atoms. The summed E-state index contributed by atoms with van der Waals surface area (Å²) in [6.45, 7) is -0.147. The van der Waals surface area contributed by atoms with Gasteiger partial charge in [0.05, 0.1) is 17.1 Å². The molecule has 0 fully saturated rings. The van der Waals surface area contributed by atoms with E-state index in [4.69, 9.17) is 10.5 Å². The number of halogens is 4. The van der Waals surface area contributed by atoms with E-state index in [2.05, 4.69) is 10.3 Å². The van der Waals surface area contributed by atoms with Gasteiger partial charge in [-0.05, 0) is 54.8 Å². The van der Waals surface area contributed by atoms with Crippen LogP contribution < -0.4 is 15.8 Å². The molecule has 202 valence electrons. The summed E-state index contributed by atoms with van der Waals surface area (Å²) in [5.41, 5.74) is -0.497. The van der Waals surface area contributed by atoms with Gasteiger partial charge in [-0.1, -0.05) is 18.2 Å². The van der Waals surface area contributed by atoms with Gasteiger partial charge in [0, 0.05) is 15.8 Å². The molecule has 0 aliphatic carbocycles. The molecule has 0 bridgehead atoms. The average molecular weight is 560 g/mol. The number of primary amides is 1. The van der Waals surface area contributed by atoms with Crippen molar-refractivity contribution >= 4 is 33.2 Å². The summed E-state index contributed by atoms with van der Waals surface area (Å²) in [6.07, 6.45) is -5.30. The fourth-order valence-corrected chi connectivity index (χ4v) is 5.31. The van der Waals surface area contributed by atoms with Crippen molar-refractivity contribution in [3.05, 3.63) is 82.6 Å². The third-order valence-corrected chi connectivity index (χ3v) is 7.90. The van der Waals surface area contributed by atoms with Crippen LogP contribution in [0.25, 0.3) is 21.3 Å². The van der Waals surface area contributed by atoms with Gasteiger partial charge in [-0.15, -0.1) is 11.3 Å². The molecular formula is C27H21F4N3O4S. The summed E-state index contributed by atoms with van der Waals surface area (Å²) in [5, 5.41) is 14.0. The van der Waals surface area contributed by atoms with E-state index in [-0.39, 0.29) is 34.1 Å². The van der Waals surface area contributed by atoms with Crippen LogP contribution in [0.1, 0.15) is 27.9 Å². The molecule has 1 aliphatic rings. The number of alkyl halides is 3. The minimum Gasteiger partial charge on any atom is -0.489 e. The number of aliphatic hydroxyl groups is 1. The van der Waals surface area contributed by atoms with Crippen LogP contribution in [0.2, 0.25) is 0 Å². The Kier molecular flexibility index (Phi) is 6.34. The van der Waals surface area contributed by atoms with Crippen molar-refractivity contribution in [3.8, 4) is 17.0 Å². The Balaban J connectivity index is 1.59. The van der Waals surface area contributed by atoms with Gasteiger partial charge in [0.1, 0.15) is 29.3 Å². The van der Waals surface area contributed by atoms with E-state index in [0.29, 0.717) is 0 Å². The van der Waals surface area contributed by atoms with Gasteiger partial charge in [0.15, 0.2) is 0 Å². The molecule has 5 rings (SSSR count). The van der Waals surface area contributed by atoms with Gasteiger partial charge in [-0.3, -0.25) is 9.59 Å². The number of thiophene rings is 1. The molecule has 2 aromatic heterocycles. The fraction of sp³-hybridized carbons (Fsp3) is 0.222. The predicted octanol–water partition coefficient (Wildman–Crippen LogP) is 4.42. The molecule has 4 aromatic rings. The normalized spacial score (nSPS) is 18.3. The molecule has 0 saturated carbocycles. The Morgan fingerprint density at radius 3 is 2.49 bits per heavy atom. The molecule has 0 radical (unpaired) electrons. The minimum absolute atomic E-state index is 0.00880. The van der Waals surface area contributed by atoms with Crippen LogP contribution in [-0.4, -0.2) is 41.2 Å². The Labute approximate surface area is 223 Å². The Morgan fingerprint density at radius 2 is 1.85 bits per heavy atom. The summed E-state index contributed by atoms with van der Waals surface area (Å²) >= 11 is 1.09. The number of pyridine rings is 1. The monoisotopic (exact) mass is 559 g/mol. The van der Waals surface area contributed by atoms with E-state index in [1.165, 1.54) is 25.1 Å². The van der Waals surface area contributed by atoms with E-state index in [1.807, 2.05) is 0 Å². The quantitative estimate of drug-likeness (QED) is 0.303. The third kappa shape index (κ3) is 4.49. The van der Waals surface area contributed by atoms with Crippen molar-refractivity contribution in [1.29, 1.82) is 0 Å². The molecule has 7 nitrogen and oxygen atoms in total. The number of nitrogens with two attached hydrogens (primary N) is 1. The van der Waals surface area contributed by atoms with Crippen LogP contribution in [-0.2, 0) is 15.8 Å². The second-order valence-electron chi connectivity index (χ2n) is 9.41. The van der Waals surface area contributed by atoms with Crippen molar-refractivity contribution in [2.45, 2.75) is 24.1 Å². The first-order valence-corrected chi connectivity index (χ1v) is 12.5. The molecule has 3 heterocycles. The highest BCUT2D eigenvalue weighted by atomic mass is 32.1. The third-order valence-electron chi connectivity index (χ3n) is 6.78. The van der Waals surface area contributed by atoms with Gasteiger partial charge < -0.3 is 20.9 Å². The largest absolute Gasteiger partial charge is 0.489 e. The van der Waals surface area contributed by atoms with Crippen molar-refractivity contribution in [3.63, 3.8) is 0 Å². The molecular weight excluding hydrogens is 538 g/mol. The van der Waals surface area contributed by atoms with E-state index in [9.17, 15) is 32.3 Å². The van der Waals surface area contributed by atoms with E-state index in [1.54, 1.807) is 24.3 Å². The molecule has 2 amide bonds. The zero-order valence-corrected chi connectivity index (χ0v) is 21.1. The highest BCUT2D eigenvalue weighted by Crippen LogP contribution is 2.47. The van der Waals surface area contributed by atoms with Gasteiger partial charge in [-0.2, -0.15) is 13.2 Å². The maximum atomic E-state index is 14.5. The number of nitrogens with one attached hydrogen (secondary N) is 1. The van der Waals surface area contributed by atoms with E-state index >= 15 is 0 Å². The van der Waals surface area contributed by atoms with Crippen LogP contribution in [0.3, 0.4) is 0 Å². The van der Waals surface area contributed by atoms with Crippen LogP contribution >= 0.6 is 11.3 Å². The average Bonchev–Trinajstić information content (AvgIpc) is 3.49. The summed E-state index contributed by atoms with van der Waals surface area (Å²) in [6, 6.07) is 14.2. The van der Waals surface area contributed by atoms with Gasteiger partial charge in [-0.25, -0.2) is 9.37 Å². The van der Waals surface area contributed by atoms with Gasteiger partial charge in [0.2, 0.25) is 11.5 Å². The maximum absolute atomic E-state index is 14.5. The van der Waals surface area contributed by atoms with Crippen molar-refractivity contribution in [2.75, 3.05) is 13.2 Å². The molecule has 4 N–H and O–H groups in total. The lowest BCUT2D eigenvalue weighted by atomic mass is 9.81. The first kappa shape index (κ1) is 26.6. The minimum atomic E-state index is -5.30. The van der Waals surface area contributed by atoms with Crippen molar-refractivity contribution < 1.29 is 37.0 Å². The Bertz CT molecular complexity index is 1570. The molecule has 2 atom stereocenters. The second kappa shape index (κ2) is 9.31. The number of nitrogens with zero attached hydrogens (tertiary/aromatic N) is 1. The first-order chi connectivity index (χ1) is 18.3. The fourth-order valence-electron chi connectivity index (χ4n) is 4.33. The standard InChI is InChI=1S/C27H21F4N3O4S/c1-25(24(32)36)13-38-22-17(25)11-20(34-21(22)14-6-8-16(28)9-7-14)26(37,27(29,30)31)12-33-23(35)19-10-15-4-2-3-5-18(15)39-19/h2-11,37H,12-13H2,1H3,(H2,32,36)(H,33,35)/t25-,26?/m0/s1. The smallest absolute Gasteiger partial charge is 0.424 e. The Morgan fingerprint density at radius 1 is 1.15 bits per heavy atom. The molecule has 2 aromatic carbocycles. The number of carbonyl (C=O) groups excluding carboxylic acids is 2.